The van der Waals surface area contributed by atoms with Crippen LogP contribution in [0.4, 0.5) is 0 Å². The number of hydrogen-bond acceptors (Lipinski definition) is 3. The summed E-state index contributed by atoms with van der Waals surface area (Å²) >= 11 is 3.36. The Morgan fingerprint density at radius 1 is 1.09 bits per heavy atom. The van der Waals surface area contributed by atoms with Crippen molar-refractivity contribution in [3.05, 3.63) is 63.6 Å². The Kier molecular flexibility index (Phi) is 5.76. The molecular weight excluding hydrogens is 360 g/mol. The van der Waals surface area contributed by atoms with Gasteiger partial charge in [0, 0.05) is 10.0 Å². The summed E-state index contributed by atoms with van der Waals surface area (Å²) in [7, 11) is 0. The van der Waals surface area contributed by atoms with Crippen LogP contribution in [0, 0.1) is 13.8 Å². The second-order valence-electron chi connectivity index (χ2n) is 5.07. The van der Waals surface area contributed by atoms with Crippen molar-refractivity contribution in [3.63, 3.8) is 0 Å². The third-order valence-corrected chi connectivity index (χ3v) is 3.58. The van der Waals surface area contributed by atoms with E-state index in [0.29, 0.717) is 11.3 Å². The van der Waals surface area contributed by atoms with Gasteiger partial charge in [0.05, 0.1) is 0 Å². The van der Waals surface area contributed by atoms with Crippen LogP contribution in [0.15, 0.2) is 46.9 Å². The maximum atomic E-state index is 11.9. The van der Waals surface area contributed by atoms with Crippen LogP contribution in [0.3, 0.4) is 0 Å². The first kappa shape index (κ1) is 17.0. The van der Waals surface area contributed by atoms with Gasteiger partial charge in [0.25, 0.3) is 11.8 Å². The highest BCUT2D eigenvalue weighted by Crippen LogP contribution is 2.21. The number of hydrogen-bond donors (Lipinski definition) is 2. The van der Waals surface area contributed by atoms with Crippen LogP contribution in [-0.4, -0.2) is 18.4 Å². The maximum Gasteiger partial charge on any atom is 0.276 e. The molecule has 2 aromatic rings. The average molecular weight is 377 g/mol. The number of hydrazine groups is 1. The average Bonchev–Trinajstić information content (AvgIpc) is 2.51. The highest BCUT2D eigenvalue weighted by molar-refractivity contribution is 9.10. The van der Waals surface area contributed by atoms with Crippen molar-refractivity contribution < 1.29 is 14.3 Å². The maximum absolute atomic E-state index is 11.9. The van der Waals surface area contributed by atoms with Gasteiger partial charge < -0.3 is 4.74 Å². The van der Waals surface area contributed by atoms with E-state index in [-0.39, 0.29) is 12.5 Å². The minimum Gasteiger partial charge on any atom is -0.483 e. The first-order valence-electron chi connectivity index (χ1n) is 7.00. The van der Waals surface area contributed by atoms with Crippen LogP contribution in [0.2, 0.25) is 0 Å². The van der Waals surface area contributed by atoms with E-state index in [9.17, 15) is 9.59 Å². The lowest BCUT2D eigenvalue weighted by Crippen LogP contribution is -2.43. The third-order valence-electron chi connectivity index (χ3n) is 3.09. The van der Waals surface area contributed by atoms with Gasteiger partial charge in [0.15, 0.2) is 6.61 Å². The number of rotatable bonds is 4. The molecule has 0 bridgehead atoms. The molecule has 0 saturated heterocycles. The van der Waals surface area contributed by atoms with Crippen LogP contribution in [-0.2, 0) is 4.79 Å². The molecule has 2 aromatic carbocycles. The summed E-state index contributed by atoms with van der Waals surface area (Å²) < 4.78 is 6.37. The molecule has 120 valence electrons. The van der Waals surface area contributed by atoms with E-state index >= 15 is 0 Å². The molecule has 0 spiro atoms. The lowest BCUT2D eigenvalue weighted by atomic mass is 10.1. The largest absolute Gasteiger partial charge is 0.483 e. The Morgan fingerprint density at radius 3 is 2.57 bits per heavy atom. The number of amides is 2. The fraction of sp³-hybridized carbons (Fsp3) is 0.176. The molecule has 5 nitrogen and oxygen atoms in total. The number of aryl methyl sites for hydroxylation is 2. The number of carbonyl (C=O) groups excluding carboxylic acids is 2. The van der Waals surface area contributed by atoms with Gasteiger partial charge in [-0.05, 0) is 49.7 Å². The Morgan fingerprint density at radius 2 is 1.87 bits per heavy atom. The molecule has 0 heterocycles. The number of benzene rings is 2. The summed E-state index contributed by atoms with van der Waals surface area (Å²) in [5.74, 6) is -0.191. The molecule has 0 saturated carbocycles. The Bertz CT molecular complexity index is 732. The summed E-state index contributed by atoms with van der Waals surface area (Å²) in [5.41, 5.74) is 7.05. The molecule has 6 heteroatoms. The quantitative estimate of drug-likeness (QED) is 0.806. The molecule has 0 aliphatic rings. The van der Waals surface area contributed by atoms with Crippen LogP contribution in [0.5, 0.6) is 5.75 Å². The first-order valence-corrected chi connectivity index (χ1v) is 7.80. The van der Waals surface area contributed by atoms with Crippen LogP contribution < -0.4 is 15.6 Å². The normalized spacial score (nSPS) is 10.0. The minimum atomic E-state index is -0.437. The zero-order valence-corrected chi connectivity index (χ0v) is 14.4. The lowest BCUT2D eigenvalue weighted by Gasteiger charge is -2.10. The zero-order valence-electron chi connectivity index (χ0n) is 12.9. The Labute approximate surface area is 143 Å². The van der Waals surface area contributed by atoms with Crippen LogP contribution in [0.25, 0.3) is 0 Å². The Hall–Kier alpha value is -2.34. The van der Waals surface area contributed by atoms with E-state index in [4.69, 9.17) is 4.74 Å². The second kappa shape index (κ2) is 7.78. The van der Waals surface area contributed by atoms with Gasteiger partial charge in [0.1, 0.15) is 5.75 Å². The van der Waals surface area contributed by atoms with Crippen molar-refractivity contribution in [2.24, 2.45) is 0 Å². The number of nitrogens with one attached hydrogen (secondary N) is 2. The van der Waals surface area contributed by atoms with Gasteiger partial charge >= 0.3 is 0 Å². The number of carbonyl (C=O) groups is 2. The molecule has 0 aliphatic heterocycles. The predicted octanol–water partition coefficient (Wildman–Crippen LogP) is 2.91. The number of halogens is 1. The molecule has 2 amide bonds. The molecule has 0 aliphatic carbocycles. The van der Waals surface area contributed by atoms with Crippen molar-refractivity contribution >= 4 is 27.7 Å². The fourth-order valence-corrected chi connectivity index (χ4v) is 2.41. The summed E-state index contributed by atoms with van der Waals surface area (Å²) in [4.78, 5) is 23.6. The van der Waals surface area contributed by atoms with Crippen molar-refractivity contribution in [3.8, 4) is 5.75 Å². The molecule has 2 N–H and O–H groups in total. The molecule has 0 fully saturated rings. The molecular formula is C17H17BrN2O3. The minimum absolute atomic E-state index is 0.184. The lowest BCUT2D eigenvalue weighted by molar-refractivity contribution is -0.123. The van der Waals surface area contributed by atoms with Crippen molar-refractivity contribution in [1.29, 1.82) is 0 Å². The molecule has 0 unspecified atom stereocenters. The van der Waals surface area contributed by atoms with Gasteiger partial charge in [0.2, 0.25) is 0 Å². The summed E-state index contributed by atoms with van der Waals surface area (Å²) in [6.45, 7) is 3.60. The van der Waals surface area contributed by atoms with Crippen molar-refractivity contribution in [2.75, 3.05) is 6.61 Å². The highest BCUT2D eigenvalue weighted by atomic mass is 79.9. The second-order valence-corrected chi connectivity index (χ2v) is 5.99. The summed E-state index contributed by atoms with van der Waals surface area (Å²) in [6, 6.07) is 12.6. The summed E-state index contributed by atoms with van der Waals surface area (Å²) in [5, 5.41) is 0. The number of ether oxygens (including phenoxy) is 1. The Balaban J connectivity index is 1.82. The smallest absolute Gasteiger partial charge is 0.276 e. The van der Waals surface area contributed by atoms with E-state index in [2.05, 4.69) is 26.8 Å². The first-order chi connectivity index (χ1) is 11.0. The zero-order chi connectivity index (χ0) is 16.8. The van der Waals surface area contributed by atoms with Crippen molar-refractivity contribution in [1.82, 2.24) is 10.9 Å². The molecule has 0 aromatic heterocycles. The van der Waals surface area contributed by atoms with E-state index in [1.54, 1.807) is 24.3 Å². The van der Waals surface area contributed by atoms with Crippen molar-refractivity contribution in [2.45, 2.75) is 13.8 Å². The SMILES string of the molecule is Cc1cccc(C(=O)NNC(=O)COc2ccc(Br)cc2C)c1. The van der Waals surface area contributed by atoms with Gasteiger partial charge in [-0.15, -0.1) is 0 Å². The predicted molar refractivity (Wildman–Crippen MR) is 91.2 cm³/mol. The van der Waals surface area contributed by atoms with E-state index in [0.717, 1.165) is 15.6 Å². The monoisotopic (exact) mass is 376 g/mol. The molecule has 23 heavy (non-hydrogen) atoms. The van der Waals surface area contributed by atoms with Gasteiger partial charge in [-0.25, -0.2) is 0 Å². The third kappa shape index (κ3) is 5.10. The van der Waals surface area contributed by atoms with E-state index in [1.165, 1.54) is 0 Å². The highest BCUT2D eigenvalue weighted by Gasteiger charge is 2.08. The van der Waals surface area contributed by atoms with Gasteiger partial charge in [-0.3, -0.25) is 20.4 Å². The van der Waals surface area contributed by atoms with Gasteiger partial charge in [-0.1, -0.05) is 33.6 Å². The topological polar surface area (TPSA) is 67.4 Å². The van der Waals surface area contributed by atoms with Crippen LogP contribution in [0.1, 0.15) is 21.5 Å². The standard InChI is InChI=1S/C17H17BrN2O3/c1-11-4-3-5-13(8-11)17(22)20-19-16(21)10-23-15-7-6-14(18)9-12(15)2/h3-9H,10H2,1-2H3,(H,19,21)(H,20,22). The van der Waals surface area contributed by atoms with Crippen LogP contribution >= 0.6 is 15.9 Å². The van der Waals surface area contributed by atoms with Gasteiger partial charge in [-0.2, -0.15) is 0 Å². The fourth-order valence-electron chi connectivity index (χ4n) is 1.94. The molecule has 0 atom stereocenters. The summed E-state index contributed by atoms with van der Waals surface area (Å²) in [6.07, 6.45) is 0. The van der Waals surface area contributed by atoms with E-state index < -0.39 is 5.91 Å². The molecule has 0 radical (unpaired) electrons. The molecule has 2 rings (SSSR count). The van der Waals surface area contributed by atoms with E-state index in [1.807, 2.05) is 32.0 Å².